The highest BCUT2D eigenvalue weighted by molar-refractivity contribution is 6.20. The van der Waals surface area contributed by atoms with Crippen LogP contribution in [0.3, 0.4) is 0 Å². The molecule has 0 saturated heterocycles. The van der Waals surface area contributed by atoms with Gasteiger partial charge in [-0.1, -0.05) is 0 Å². The Labute approximate surface area is 241 Å². The Morgan fingerprint density at radius 3 is 0.889 bits per heavy atom. The van der Waals surface area contributed by atoms with Crippen molar-refractivity contribution in [1.82, 2.24) is 0 Å². The van der Waals surface area contributed by atoms with E-state index in [1.807, 2.05) is 0 Å². The number of ether oxygens (including phenoxy) is 2. The third-order valence-electron chi connectivity index (χ3n) is 5.47. The number of rotatable bonds is 10. The van der Waals surface area contributed by atoms with Gasteiger partial charge in [0.15, 0.2) is 34.9 Å². The molecule has 238 valence electrons. The largest absolute Gasteiger partial charge is 0.576 e. The molecule has 0 bridgehead atoms. The van der Waals surface area contributed by atoms with Crippen molar-refractivity contribution in [1.29, 1.82) is 0 Å². The standard InChI is InChI=1S/C26H9BF14O4/c28-13-5-11(6-14(29)21(13)25(38,39)42-9-1-17(32)23(36)18(33)2-9)44-27-45-12-7-15(30)22(16(31)8-12)26(40,41)43-10-3-19(34)24(37)20(35)4-10/h1-8,27H. The van der Waals surface area contributed by atoms with E-state index < -0.39 is 112 Å². The topological polar surface area (TPSA) is 36.9 Å². The lowest BCUT2D eigenvalue weighted by atomic mass is 10.1. The maximum atomic E-state index is 14.4. The average Bonchev–Trinajstić information content (AvgIpc) is 2.88. The van der Waals surface area contributed by atoms with Gasteiger partial charge in [0.2, 0.25) is 0 Å². The summed E-state index contributed by atoms with van der Waals surface area (Å²) in [5.74, 6) is -24.4. The van der Waals surface area contributed by atoms with Crippen LogP contribution in [0.25, 0.3) is 0 Å². The second-order valence-corrected chi connectivity index (χ2v) is 8.57. The number of hydrogen-bond donors (Lipinski definition) is 0. The SMILES string of the molecule is Fc1cc(OC(F)(F)c2c(F)cc(OBOc3cc(F)c(C(F)(F)Oc4cc(F)c(F)c(F)c4)c(F)c3)cc2F)cc(F)c1F. The van der Waals surface area contributed by atoms with Crippen LogP contribution in [0.1, 0.15) is 11.1 Å². The number of benzene rings is 4. The van der Waals surface area contributed by atoms with Crippen molar-refractivity contribution in [2.75, 3.05) is 0 Å². The average molecular weight is 662 g/mol. The van der Waals surface area contributed by atoms with Crippen LogP contribution in [-0.4, -0.2) is 7.69 Å². The molecular formula is C26H9BF14O4. The first-order valence-electron chi connectivity index (χ1n) is 11.6. The van der Waals surface area contributed by atoms with E-state index in [9.17, 15) is 61.5 Å². The summed E-state index contributed by atoms with van der Waals surface area (Å²) in [6.07, 6.45) is -9.83. The molecule has 0 aromatic heterocycles. The highest BCUT2D eigenvalue weighted by Gasteiger charge is 2.43. The van der Waals surface area contributed by atoms with Crippen LogP contribution in [-0.2, 0) is 12.2 Å². The molecule has 4 rings (SSSR count). The predicted molar refractivity (Wildman–Crippen MR) is 123 cm³/mol. The first-order chi connectivity index (χ1) is 20.9. The van der Waals surface area contributed by atoms with E-state index in [2.05, 4.69) is 9.47 Å². The summed E-state index contributed by atoms with van der Waals surface area (Å²) in [5.41, 5.74) is -4.15. The van der Waals surface area contributed by atoms with Gasteiger partial charge in [-0.05, 0) is 0 Å². The summed E-state index contributed by atoms with van der Waals surface area (Å²) in [7, 11) is -1.17. The molecule has 0 saturated carbocycles. The summed E-state index contributed by atoms with van der Waals surface area (Å²) in [4.78, 5) is 0. The smallest absolute Gasteiger partial charge is 0.528 e. The molecule has 0 aliphatic rings. The van der Waals surface area contributed by atoms with E-state index in [0.717, 1.165) is 0 Å². The number of hydrogen-bond acceptors (Lipinski definition) is 4. The molecule has 0 atom stereocenters. The second kappa shape index (κ2) is 12.3. The van der Waals surface area contributed by atoms with Crippen LogP contribution in [0.4, 0.5) is 61.5 Å². The molecule has 0 N–H and O–H groups in total. The predicted octanol–water partition coefficient (Wildman–Crippen LogP) is 8.06. The van der Waals surface area contributed by atoms with Crippen LogP contribution in [0.2, 0.25) is 0 Å². The molecule has 4 nitrogen and oxygen atoms in total. The first-order valence-corrected chi connectivity index (χ1v) is 11.6. The van der Waals surface area contributed by atoms with Gasteiger partial charge in [-0.2, -0.15) is 17.6 Å². The Morgan fingerprint density at radius 1 is 0.378 bits per heavy atom. The molecular weight excluding hydrogens is 653 g/mol. The fourth-order valence-corrected chi connectivity index (χ4v) is 3.57. The zero-order valence-electron chi connectivity index (χ0n) is 21.3. The highest BCUT2D eigenvalue weighted by atomic mass is 19.3. The molecule has 0 aliphatic heterocycles. The summed E-state index contributed by atoms with van der Waals surface area (Å²) in [6.45, 7) is 0. The van der Waals surface area contributed by atoms with Gasteiger partial charge in [0.05, 0.1) is 0 Å². The summed E-state index contributed by atoms with van der Waals surface area (Å²) >= 11 is 0. The van der Waals surface area contributed by atoms with E-state index in [1.54, 1.807) is 0 Å². The van der Waals surface area contributed by atoms with Gasteiger partial charge < -0.3 is 18.8 Å². The minimum Gasteiger partial charge on any atom is -0.528 e. The second-order valence-electron chi connectivity index (χ2n) is 8.57. The van der Waals surface area contributed by atoms with Crippen LogP contribution in [0.15, 0.2) is 48.5 Å². The van der Waals surface area contributed by atoms with Gasteiger partial charge in [0.1, 0.15) is 57.4 Å². The third kappa shape index (κ3) is 7.12. The van der Waals surface area contributed by atoms with Gasteiger partial charge in [-0.25, -0.2) is 43.9 Å². The number of halogens is 14. The molecule has 0 heterocycles. The minimum atomic E-state index is -4.92. The molecule has 0 radical (unpaired) electrons. The fourth-order valence-electron chi connectivity index (χ4n) is 3.57. The van der Waals surface area contributed by atoms with E-state index in [1.165, 1.54) is 0 Å². The van der Waals surface area contributed by atoms with Crippen molar-refractivity contribution in [2.45, 2.75) is 12.2 Å². The van der Waals surface area contributed by atoms with E-state index in [0.29, 0.717) is 0 Å². The highest BCUT2D eigenvalue weighted by Crippen LogP contribution is 2.39. The van der Waals surface area contributed by atoms with Gasteiger partial charge in [0, 0.05) is 48.5 Å². The molecule has 0 amide bonds. The van der Waals surface area contributed by atoms with Crippen LogP contribution in [0.5, 0.6) is 23.0 Å². The van der Waals surface area contributed by atoms with Crippen molar-refractivity contribution in [3.63, 3.8) is 0 Å². The lowest BCUT2D eigenvalue weighted by Gasteiger charge is -2.20. The number of alkyl halides is 4. The molecule has 0 fully saturated rings. The third-order valence-corrected chi connectivity index (χ3v) is 5.47. The Hall–Kier alpha value is -4.84. The van der Waals surface area contributed by atoms with E-state index in [4.69, 9.17) is 9.31 Å². The van der Waals surface area contributed by atoms with Crippen molar-refractivity contribution in [3.8, 4) is 23.0 Å². The zero-order chi connectivity index (χ0) is 33.4. The van der Waals surface area contributed by atoms with Crippen molar-refractivity contribution >= 4 is 7.69 Å². The van der Waals surface area contributed by atoms with Crippen molar-refractivity contribution in [2.24, 2.45) is 0 Å². The van der Waals surface area contributed by atoms with Crippen LogP contribution >= 0.6 is 0 Å². The fraction of sp³-hybridized carbons (Fsp3) is 0.0769. The summed E-state index contributed by atoms with van der Waals surface area (Å²) in [6, 6.07) is 0.521. The first kappa shape index (κ1) is 33.1. The monoisotopic (exact) mass is 662 g/mol. The van der Waals surface area contributed by atoms with Gasteiger partial charge in [-0.3, -0.25) is 0 Å². The molecule has 0 aliphatic carbocycles. The molecule has 19 heteroatoms. The minimum absolute atomic E-state index is 0.0167. The van der Waals surface area contributed by atoms with Gasteiger partial charge >= 0.3 is 19.9 Å². The molecule has 45 heavy (non-hydrogen) atoms. The summed E-state index contributed by atoms with van der Waals surface area (Å²) < 4.78 is 212. The lowest BCUT2D eigenvalue weighted by molar-refractivity contribution is -0.190. The zero-order valence-corrected chi connectivity index (χ0v) is 21.3. The maximum Gasteiger partial charge on any atom is 0.576 e. The van der Waals surface area contributed by atoms with E-state index in [-0.39, 0.29) is 48.5 Å². The van der Waals surface area contributed by atoms with Gasteiger partial charge in [0.25, 0.3) is 0 Å². The van der Waals surface area contributed by atoms with Crippen LogP contribution in [0, 0.1) is 58.2 Å². The molecule has 0 spiro atoms. The van der Waals surface area contributed by atoms with E-state index >= 15 is 0 Å². The Bertz CT molecular complexity index is 1550. The van der Waals surface area contributed by atoms with Crippen molar-refractivity contribution < 1.29 is 80.2 Å². The molecule has 4 aromatic rings. The lowest BCUT2D eigenvalue weighted by Crippen LogP contribution is -2.26. The Balaban J connectivity index is 1.45. The van der Waals surface area contributed by atoms with Crippen LogP contribution < -0.4 is 18.8 Å². The molecule has 0 unspecified atom stereocenters. The maximum absolute atomic E-state index is 14.4. The summed E-state index contributed by atoms with van der Waals surface area (Å²) in [5, 5.41) is 0. The normalized spacial score (nSPS) is 11.8. The molecule has 4 aromatic carbocycles. The Morgan fingerprint density at radius 2 is 0.622 bits per heavy atom. The quantitative estimate of drug-likeness (QED) is 0.0979. The van der Waals surface area contributed by atoms with Crippen molar-refractivity contribution in [3.05, 3.63) is 118 Å². The Kier molecular flexibility index (Phi) is 9.02. The van der Waals surface area contributed by atoms with Gasteiger partial charge in [-0.15, -0.1) is 0 Å².